The number of aromatic nitrogens is 4. The molecule has 0 saturated carbocycles. The van der Waals surface area contributed by atoms with Gasteiger partial charge in [-0.05, 0) is 29.7 Å². The first-order valence-corrected chi connectivity index (χ1v) is 8.07. The van der Waals surface area contributed by atoms with Crippen molar-refractivity contribution in [2.45, 2.75) is 32.5 Å². The van der Waals surface area contributed by atoms with E-state index in [1.807, 2.05) is 42.7 Å². The van der Waals surface area contributed by atoms with Crippen LogP contribution in [0, 0.1) is 0 Å². The van der Waals surface area contributed by atoms with E-state index in [9.17, 15) is 4.79 Å². The van der Waals surface area contributed by atoms with Gasteiger partial charge in [0.1, 0.15) is 12.7 Å². The predicted octanol–water partition coefficient (Wildman–Crippen LogP) is 2.22. The highest BCUT2D eigenvalue weighted by Gasteiger charge is 2.03. The average molecular weight is 323 g/mol. The van der Waals surface area contributed by atoms with Crippen molar-refractivity contribution in [3.63, 3.8) is 0 Å². The Morgan fingerprint density at radius 3 is 2.75 bits per heavy atom. The molecule has 0 saturated heterocycles. The lowest BCUT2D eigenvalue weighted by Crippen LogP contribution is -2.22. The second-order valence-corrected chi connectivity index (χ2v) is 5.71. The molecule has 0 fully saturated rings. The molecule has 2 aromatic heterocycles. The lowest BCUT2D eigenvalue weighted by atomic mass is 10.1. The van der Waals surface area contributed by atoms with Crippen molar-refractivity contribution >= 4 is 5.91 Å². The summed E-state index contributed by atoms with van der Waals surface area (Å²) in [6, 6.07) is 12.1. The molecule has 3 aromatic rings. The molecule has 0 atom stereocenters. The highest BCUT2D eigenvalue weighted by molar-refractivity contribution is 5.75. The first kappa shape index (κ1) is 16.0. The monoisotopic (exact) mass is 323 g/mol. The Balaban J connectivity index is 1.43. The third-order valence-electron chi connectivity index (χ3n) is 3.78. The standard InChI is InChI=1S/C18H21N5O/c24-18(7-4-10-22-8-1-2-9-22)20-12-16-5-3-6-17(11-16)13-23-15-19-14-21-23/h1-3,5-6,8-9,11,14-15H,4,7,10,12-13H2,(H,20,24). The number of aryl methyl sites for hydroxylation is 1. The molecule has 1 N–H and O–H groups in total. The number of carbonyl (C=O) groups is 1. The van der Waals surface area contributed by atoms with Gasteiger partial charge in [-0.25, -0.2) is 9.67 Å². The number of hydrogen-bond donors (Lipinski definition) is 1. The molecule has 0 unspecified atom stereocenters. The van der Waals surface area contributed by atoms with Crippen LogP contribution < -0.4 is 5.32 Å². The Morgan fingerprint density at radius 1 is 1.12 bits per heavy atom. The van der Waals surface area contributed by atoms with Crippen LogP contribution in [0.25, 0.3) is 0 Å². The lowest BCUT2D eigenvalue weighted by Gasteiger charge is -2.08. The van der Waals surface area contributed by atoms with E-state index in [-0.39, 0.29) is 5.91 Å². The van der Waals surface area contributed by atoms with Crippen molar-refractivity contribution < 1.29 is 4.79 Å². The van der Waals surface area contributed by atoms with Gasteiger partial charge in [0.25, 0.3) is 0 Å². The summed E-state index contributed by atoms with van der Waals surface area (Å²) >= 11 is 0. The minimum atomic E-state index is 0.0869. The van der Waals surface area contributed by atoms with E-state index >= 15 is 0 Å². The normalized spacial score (nSPS) is 10.7. The molecule has 2 heterocycles. The molecular formula is C18H21N5O. The van der Waals surface area contributed by atoms with Crippen molar-refractivity contribution in [2.75, 3.05) is 0 Å². The van der Waals surface area contributed by atoms with Crippen LogP contribution in [0.4, 0.5) is 0 Å². The van der Waals surface area contributed by atoms with E-state index in [2.05, 4.69) is 26.0 Å². The average Bonchev–Trinajstić information content (AvgIpc) is 3.27. The second-order valence-electron chi connectivity index (χ2n) is 5.71. The maximum absolute atomic E-state index is 11.9. The number of benzene rings is 1. The predicted molar refractivity (Wildman–Crippen MR) is 91.1 cm³/mol. The van der Waals surface area contributed by atoms with Crippen molar-refractivity contribution in [1.29, 1.82) is 0 Å². The first-order chi connectivity index (χ1) is 11.8. The highest BCUT2D eigenvalue weighted by atomic mass is 16.1. The molecule has 124 valence electrons. The summed E-state index contributed by atoms with van der Waals surface area (Å²) in [6.45, 7) is 2.10. The molecule has 24 heavy (non-hydrogen) atoms. The van der Waals surface area contributed by atoms with Crippen LogP contribution >= 0.6 is 0 Å². The van der Waals surface area contributed by atoms with E-state index in [0.29, 0.717) is 19.5 Å². The Hall–Kier alpha value is -2.89. The lowest BCUT2D eigenvalue weighted by molar-refractivity contribution is -0.121. The van der Waals surface area contributed by atoms with Gasteiger partial charge in [-0.15, -0.1) is 0 Å². The van der Waals surface area contributed by atoms with Gasteiger partial charge in [0.05, 0.1) is 6.54 Å². The Kier molecular flexibility index (Phi) is 5.40. The number of nitrogens with zero attached hydrogens (tertiary/aromatic N) is 4. The molecule has 0 aliphatic carbocycles. The van der Waals surface area contributed by atoms with Gasteiger partial charge in [-0.1, -0.05) is 24.3 Å². The third-order valence-corrected chi connectivity index (χ3v) is 3.78. The summed E-state index contributed by atoms with van der Waals surface area (Å²) in [7, 11) is 0. The zero-order chi connectivity index (χ0) is 16.6. The van der Waals surface area contributed by atoms with Gasteiger partial charge in [-0.2, -0.15) is 5.10 Å². The van der Waals surface area contributed by atoms with Crippen LogP contribution in [0.5, 0.6) is 0 Å². The molecule has 1 aromatic carbocycles. The van der Waals surface area contributed by atoms with Crippen molar-refractivity contribution in [3.05, 3.63) is 72.6 Å². The number of amides is 1. The van der Waals surface area contributed by atoms with Gasteiger partial charge >= 0.3 is 0 Å². The molecular weight excluding hydrogens is 302 g/mol. The van der Waals surface area contributed by atoms with Crippen LogP contribution in [0.2, 0.25) is 0 Å². The molecule has 0 spiro atoms. The minimum Gasteiger partial charge on any atom is -0.354 e. The van der Waals surface area contributed by atoms with Crippen LogP contribution in [0.3, 0.4) is 0 Å². The van der Waals surface area contributed by atoms with Gasteiger partial charge in [-0.3, -0.25) is 4.79 Å². The summed E-state index contributed by atoms with van der Waals surface area (Å²) in [5.74, 6) is 0.0869. The number of hydrogen-bond acceptors (Lipinski definition) is 3. The van der Waals surface area contributed by atoms with Gasteiger partial charge < -0.3 is 9.88 Å². The van der Waals surface area contributed by atoms with Gasteiger partial charge in [0.2, 0.25) is 5.91 Å². The quantitative estimate of drug-likeness (QED) is 0.691. The minimum absolute atomic E-state index is 0.0869. The summed E-state index contributed by atoms with van der Waals surface area (Å²) < 4.78 is 3.86. The Bertz CT molecular complexity index is 750. The molecule has 6 nitrogen and oxygen atoms in total. The first-order valence-electron chi connectivity index (χ1n) is 8.07. The maximum atomic E-state index is 11.9. The second kappa shape index (κ2) is 8.10. The molecule has 0 bridgehead atoms. The van der Waals surface area contributed by atoms with Gasteiger partial charge in [0, 0.05) is 31.9 Å². The van der Waals surface area contributed by atoms with Gasteiger partial charge in [0.15, 0.2) is 0 Å². The summed E-state index contributed by atoms with van der Waals surface area (Å²) in [6.07, 6.45) is 8.62. The van der Waals surface area contributed by atoms with Crippen LogP contribution in [0.1, 0.15) is 24.0 Å². The molecule has 1 amide bonds. The smallest absolute Gasteiger partial charge is 0.220 e. The fourth-order valence-corrected chi connectivity index (χ4v) is 2.57. The SMILES string of the molecule is O=C(CCCn1cccc1)NCc1cccc(Cn2cncn2)c1. The number of rotatable bonds is 8. The van der Waals surface area contributed by atoms with E-state index in [1.54, 1.807) is 11.0 Å². The summed E-state index contributed by atoms with van der Waals surface area (Å²) in [4.78, 5) is 15.9. The largest absolute Gasteiger partial charge is 0.354 e. The maximum Gasteiger partial charge on any atom is 0.220 e. The fraction of sp³-hybridized carbons (Fsp3) is 0.278. The van der Waals surface area contributed by atoms with Crippen LogP contribution in [0.15, 0.2) is 61.4 Å². The molecule has 3 rings (SSSR count). The third kappa shape index (κ3) is 4.81. The number of carbonyl (C=O) groups excluding carboxylic acids is 1. The molecule has 0 aliphatic rings. The fourth-order valence-electron chi connectivity index (χ4n) is 2.57. The highest BCUT2D eigenvalue weighted by Crippen LogP contribution is 2.07. The zero-order valence-electron chi connectivity index (χ0n) is 13.5. The molecule has 0 radical (unpaired) electrons. The Morgan fingerprint density at radius 2 is 1.96 bits per heavy atom. The van der Waals surface area contributed by atoms with Crippen molar-refractivity contribution in [3.8, 4) is 0 Å². The zero-order valence-corrected chi connectivity index (χ0v) is 13.5. The van der Waals surface area contributed by atoms with Crippen LogP contribution in [-0.2, 0) is 24.4 Å². The van der Waals surface area contributed by atoms with Crippen molar-refractivity contribution in [2.24, 2.45) is 0 Å². The van der Waals surface area contributed by atoms with E-state index in [0.717, 1.165) is 24.1 Å². The summed E-state index contributed by atoms with van der Waals surface area (Å²) in [5, 5.41) is 7.09. The van der Waals surface area contributed by atoms with Crippen molar-refractivity contribution in [1.82, 2.24) is 24.6 Å². The Labute approximate surface area is 141 Å². The molecule has 6 heteroatoms. The van der Waals surface area contributed by atoms with Crippen LogP contribution in [-0.4, -0.2) is 25.2 Å². The molecule has 0 aliphatic heterocycles. The van der Waals surface area contributed by atoms with E-state index < -0.39 is 0 Å². The van der Waals surface area contributed by atoms with E-state index in [4.69, 9.17) is 0 Å². The summed E-state index contributed by atoms with van der Waals surface area (Å²) in [5.41, 5.74) is 2.23. The topological polar surface area (TPSA) is 64.7 Å². The van der Waals surface area contributed by atoms with E-state index in [1.165, 1.54) is 6.33 Å². The number of nitrogens with one attached hydrogen (secondary N) is 1.